The van der Waals surface area contributed by atoms with E-state index in [2.05, 4.69) is 10.6 Å². The van der Waals surface area contributed by atoms with Crippen LogP contribution in [0.15, 0.2) is 64.2 Å². The van der Waals surface area contributed by atoms with E-state index in [0.717, 1.165) is 40.2 Å². The van der Waals surface area contributed by atoms with E-state index in [0.29, 0.717) is 11.0 Å². The van der Waals surface area contributed by atoms with Crippen LogP contribution in [0.5, 0.6) is 0 Å². The first-order valence-corrected chi connectivity index (χ1v) is 9.25. The van der Waals surface area contributed by atoms with Crippen LogP contribution >= 0.6 is 0 Å². The summed E-state index contributed by atoms with van der Waals surface area (Å²) in [5.74, 6) is 0.788. The SMILES string of the molecule is Cn1c(=O)c2c(-c3ccccc3)[n+]3c(nc2n(C)c1=O)-c1ccccc1CC3. The normalized spacial score (nSPS) is 12.6. The van der Waals surface area contributed by atoms with Gasteiger partial charge in [-0.1, -0.05) is 48.5 Å². The van der Waals surface area contributed by atoms with Crippen LogP contribution in [0.4, 0.5) is 0 Å². The molecule has 3 heterocycles. The van der Waals surface area contributed by atoms with Crippen molar-refractivity contribution >= 4 is 11.0 Å². The van der Waals surface area contributed by atoms with E-state index in [1.54, 1.807) is 7.05 Å². The highest BCUT2D eigenvalue weighted by Crippen LogP contribution is 2.29. The predicted molar refractivity (Wildman–Crippen MR) is 107 cm³/mol. The van der Waals surface area contributed by atoms with Gasteiger partial charge < -0.3 is 0 Å². The summed E-state index contributed by atoms with van der Waals surface area (Å²) < 4.78 is 4.73. The van der Waals surface area contributed by atoms with E-state index in [1.165, 1.54) is 17.2 Å². The number of fused-ring (bicyclic) bond motifs is 4. The molecular weight excluding hydrogens is 352 g/mol. The van der Waals surface area contributed by atoms with Crippen LogP contribution in [0.25, 0.3) is 33.7 Å². The summed E-state index contributed by atoms with van der Waals surface area (Å²) in [4.78, 5) is 30.5. The van der Waals surface area contributed by atoms with Gasteiger partial charge in [0.05, 0.1) is 12.1 Å². The van der Waals surface area contributed by atoms with Crippen LogP contribution in [0.1, 0.15) is 5.56 Å². The van der Waals surface area contributed by atoms with Gasteiger partial charge in [0.2, 0.25) is 0 Å². The van der Waals surface area contributed by atoms with E-state index in [1.807, 2.05) is 48.5 Å². The monoisotopic (exact) mass is 371 g/mol. The summed E-state index contributed by atoms with van der Waals surface area (Å²) in [6.45, 7) is 0.728. The molecule has 5 rings (SSSR count). The fourth-order valence-corrected chi connectivity index (χ4v) is 4.08. The van der Waals surface area contributed by atoms with E-state index in [9.17, 15) is 9.59 Å². The minimum atomic E-state index is -0.377. The molecule has 0 saturated heterocycles. The first-order valence-electron chi connectivity index (χ1n) is 9.25. The van der Waals surface area contributed by atoms with Crippen molar-refractivity contribution in [3.05, 3.63) is 81.0 Å². The second-order valence-electron chi connectivity index (χ2n) is 7.11. The Kier molecular flexibility index (Phi) is 3.55. The lowest BCUT2D eigenvalue weighted by atomic mass is 9.98. The third kappa shape index (κ3) is 2.21. The van der Waals surface area contributed by atoms with Gasteiger partial charge in [0.25, 0.3) is 11.2 Å². The molecule has 2 aromatic heterocycles. The summed E-state index contributed by atoms with van der Waals surface area (Å²) in [7, 11) is 3.18. The van der Waals surface area contributed by atoms with Gasteiger partial charge in [-0.25, -0.2) is 9.36 Å². The molecule has 0 spiro atoms. The van der Waals surface area contributed by atoms with Gasteiger partial charge in [-0.2, -0.15) is 0 Å². The zero-order chi connectivity index (χ0) is 19.4. The van der Waals surface area contributed by atoms with Gasteiger partial charge >= 0.3 is 11.5 Å². The largest absolute Gasteiger partial charge is 0.333 e. The average Bonchev–Trinajstić information content (AvgIpc) is 2.75. The molecule has 0 unspecified atom stereocenters. The van der Waals surface area contributed by atoms with Crippen LogP contribution in [0.2, 0.25) is 0 Å². The van der Waals surface area contributed by atoms with Crippen LogP contribution in [0.3, 0.4) is 0 Å². The van der Waals surface area contributed by atoms with Gasteiger partial charge in [-0.05, 0) is 16.6 Å². The third-order valence-corrected chi connectivity index (χ3v) is 5.52. The summed E-state index contributed by atoms with van der Waals surface area (Å²) in [5.41, 5.74) is 3.73. The van der Waals surface area contributed by atoms with Crippen molar-refractivity contribution in [1.29, 1.82) is 0 Å². The second kappa shape index (κ2) is 5.99. The molecule has 0 bridgehead atoms. The third-order valence-electron chi connectivity index (χ3n) is 5.52. The van der Waals surface area contributed by atoms with Crippen LogP contribution in [-0.2, 0) is 27.1 Å². The topological polar surface area (TPSA) is 60.8 Å². The van der Waals surface area contributed by atoms with Crippen molar-refractivity contribution < 1.29 is 4.57 Å². The molecule has 0 amide bonds. The summed E-state index contributed by atoms with van der Waals surface area (Å²) in [6, 6.07) is 18.0. The fourth-order valence-electron chi connectivity index (χ4n) is 4.08. The lowest BCUT2D eigenvalue weighted by Gasteiger charge is -2.19. The predicted octanol–water partition coefficient (Wildman–Crippen LogP) is 1.81. The number of rotatable bonds is 1. The molecular formula is C22H19N4O2+. The highest BCUT2D eigenvalue weighted by Gasteiger charge is 2.32. The van der Waals surface area contributed by atoms with Crippen molar-refractivity contribution in [2.45, 2.75) is 13.0 Å². The molecule has 1 aliphatic rings. The Hall–Kier alpha value is -3.54. The molecule has 0 radical (unpaired) electrons. The Bertz CT molecular complexity index is 1370. The molecule has 2 aromatic carbocycles. The average molecular weight is 371 g/mol. The Labute approximate surface area is 161 Å². The zero-order valence-corrected chi connectivity index (χ0v) is 15.7. The lowest BCUT2D eigenvalue weighted by Crippen LogP contribution is -2.46. The Morgan fingerprint density at radius 1 is 0.929 bits per heavy atom. The number of benzene rings is 2. The lowest BCUT2D eigenvalue weighted by molar-refractivity contribution is -0.678. The zero-order valence-electron chi connectivity index (χ0n) is 15.7. The summed E-state index contributed by atoms with van der Waals surface area (Å²) in [6.07, 6.45) is 0.868. The van der Waals surface area contributed by atoms with Crippen molar-refractivity contribution in [3.8, 4) is 22.6 Å². The maximum Gasteiger partial charge on any atom is 0.333 e. The van der Waals surface area contributed by atoms with Crippen molar-refractivity contribution in [1.82, 2.24) is 14.1 Å². The highest BCUT2D eigenvalue weighted by atomic mass is 16.2. The molecule has 28 heavy (non-hydrogen) atoms. The van der Waals surface area contributed by atoms with E-state index >= 15 is 0 Å². The number of aromatic nitrogens is 4. The molecule has 6 heteroatoms. The molecule has 0 fully saturated rings. The maximum atomic E-state index is 13.1. The summed E-state index contributed by atoms with van der Waals surface area (Å²) in [5, 5.41) is 0.471. The molecule has 138 valence electrons. The molecule has 0 atom stereocenters. The van der Waals surface area contributed by atoms with Crippen LogP contribution in [-0.4, -0.2) is 14.1 Å². The molecule has 6 nitrogen and oxygen atoms in total. The van der Waals surface area contributed by atoms with Gasteiger partial charge in [-0.3, -0.25) is 13.9 Å². The number of hydrogen-bond donors (Lipinski definition) is 0. The standard InChI is InChI=1S/C22H19N4O2/c1-24-20-17(21(27)25(2)22(24)28)18(15-9-4-3-5-10-15)26-13-12-14-8-6-7-11-16(14)19(26)23-20/h3-11H,12-13H2,1-2H3/q+1. The minimum Gasteiger partial charge on any atom is -0.268 e. The van der Waals surface area contributed by atoms with Crippen molar-refractivity contribution in [2.24, 2.45) is 14.1 Å². The van der Waals surface area contributed by atoms with Gasteiger partial charge in [0.1, 0.15) is 0 Å². The Balaban J connectivity index is 2.05. The quantitative estimate of drug-likeness (QED) is 0.480. The first kappa shape index (κ1) is 16.6. The van der Waals surface area contributed by atoms with Crippen LogP contribution in [0, 0.1) is 0 Å². The maximum absolute atomic E-state index is 13.1. The molecule has 0 N–H and O–H groups in total. The second-order valence-corrected chi connectivity index (χ2v) is 7.11. The Morgan fingerprint density at radius 2 is 1.64 bits per heavy atom. The van der Waals surface area contributed by atoms with Gasteiger partial charge in [0.15, 0.2) is 11.1 Å². The molecule has 0 saturated carbocycles. The van der Waals surface area contributed by atoms with Gasteiger partial charge in [-0.15, -0.1) is 0 Å². The minimum absolute atomic E-state index is 0.321. The molecule has 0 aliphatic carbocycles. The number of hydrogen-bond acceptors (Lipinski definition) is 3. The van der Waals surface area contributed by atoms with Crippen molar-refractivity contribution in [3.63, 3.8) is 0 Å². The van der Waals surface area contributed by atoms with E-state index in [-0.39, 0.29) is 11.2 Å². The van der Waals surface area contributed by atoms with Gasteiger partial charge in [0, 0.05) is 26.1 Å². The highest BCUT2D eigenvalue weighted by molar-refractivity contribution is 5.89. The smallest absolute Gasteiger partial charge is 0.268 e. The number of aryl methyl sites for hydroxylation is 2. The van der Waals surface area contributed by atoms with E-state index in [4.69, 9.17) is 4.98 Å². The number of nitrogens with zero attached hydrogens (tertiary/aromatic N) is 4. The first-order chi connectivity index (χ1) is 13.6. The van der Waals surface area contributed by atoms with Crippen molar-refractivity contribution in [2.75, 3.05) is 0 Å². The summed E-state index contributed by atoms with van der Waals surface area (Å²) >= 11 is 0. The van der Waals surface area contributed by atoms with Crippen LogP contribution < -0.4 is 15.8 Å². The van der Waals surface area contributed by atoms with E-state index < -0.39 is 0 Å². The fraction of sp³-hybridized carbons (Fsp3) is 0.182. The molecule has 4 aromatic rings. The Morgan fingerprint density at radius 3 is 2.43 bits per heavy atom. The molecule has 1 aliphatic heterocycles.